The summed E-state index contributed by atoms with van der Waals surface area (Å²) in [4.78, 5) is 0. The van der Waals surface area contributed by atoms with Crippen molar-refractivity contribution in [2.45, 2.75) is 13.8 Å². The van der Waals surface area contributed by atoms with Gasteiger partial charge in [-0.2, -0.15) is 5.92 Å². The van der Waals surface area contributed by atoms with Crippen molar-refractivity contribution in [3.05, 3.63) is 6.92 Å². The van der Waals surface area contributed by atoms with E-state index in [-0.39, 0.29) is 21.1 Å². The van der Waals surface area contributed by atoms with Crippen LogP contribution in [0.1, 0.15) is 13.8 Å². The number of nitrogens with one attached hydrogen (secondary N) is 1. The fourth-order valence-corrected chi connectivity index (χ4v) is 1.40. The molecule has 0 bridgehead atoms. The number of piperidine rings is 1. The van der Waals surface area contributed by atoms with E-state index in [1.807, 2.05) is 0 Å². The summed E-state index contributed by atoms with van der Waals surface area (Å²) in [7, 11) is 0. The first kappa shape index (κ1) is 10.6. The van der Waals surface area contributed by atoms with Gasteiger partial charge in [-0.05, 0) is 13.1 Å². The van der Waals surface area contributed by atoms with Gasteiger partial charge in [-0.1, -0.05) is 25.7 Å². The smallest absolute Gasteiger partial charge is 0 e. The van der Waals surface area contributed by atoms with Crippen LogP contribution >= 0.6 is 0 Å². The molecular weight excluding hydrogens is 294 g/mol. The Bertz CT molecular complexity index is 85.3. The topological polar surface area (TPSA) is 12.0 Å². The molecule has 0 saturated carbocycles. The van der Waals surface area contributed by atoms with Crippen molar-refractivity contribution in [2.75, 3.05) is 13.1 Å². The molecule has 1 aliphatic rings. The third kappa shape index (κ3) is 2.36. The maximum atomic E-state index is 4.12. The Hall–Kier alpha value is 0.648. The normalized spacial score (nSPS) is 40.5. The van der Waals surface area contributed by atoms with Crippen LogP contribution in [0.4, 0.5) is 0 Å². The largest absolute Gasteiger partial charge is 0.340 e. The molecule has 1 nitrogen and oxygen atoms in total. The van der Waals surface area contributed by atoms with Crippen LogP contribution in [0.5, 0.6) is 0 Å². The van der Waals surface area contributed by atoms with Crippen molar-refractivity contribution in [1.82, 2.24) is 5.32 Å². The Balaban J connectivity index is 0.000000810. The average Bonchev–Trinajstić information content (AvgIpc) is 1.83. The zero-order valence-corrected chi connectivity index (χ0v) is 9.70. The van der Waals surface area contributed by atoms with Crippen LogP contribution in [0.3, 0.4) is 0 Å². The first-order chi connectivity index (χ1) is 4.22. The van der Waals surface area contributed by atoms with Gasteiger partial charge in [0, 0.05) is 21.1 Å². The van der Waals surface area contributed by atoms with Gasteiger partial charge in [-0.25, -0.2) is 0 Å². The summed E-state index contributed by atoms with van der Waals surface area (Å²) in [5.74, 6) is 2.17. The summed E-state index contributed by atoms with van der Waals surface area (Å²) in [5.41, 5.74) is 0. The van der Waals surface area contributed by atoms with Crippen molar-refractivity contribution < 1.29 is 21.1 Å². The Morgan fingerprint density at radius 1 is 1.20 bits per heavy atom. The van der Waals surface area contributed by atoms with Gasteiger partial charge in [-0.15, -0.1) is 0 Å². The van der Waals surface area contributed by atoms with Gasteiger partial charge in [-0.3, -0.25) is 0 Å². The number of rotatable bonds is 0. The predicted molar refractivity (Wildman–Crippen MR) is 40.0 cm³/mol. The molecule has 1 rings (SSSR count). The summed E-state index contributed by atoms with van der Waals surface area (Å²) >= 11 is 0. The molecule has 2 heteroatoms. The molecule has 60 valence electrons. The Labute approximate surface area is 78.2 Å². The molecule has 1 heterocycles. The minimum Gasteiger partial charge on any atom is -0.340 e. The molecule has 0 aromatic heterocycles. The van der Waals surface area contributed by atoms with Crippen molar-refractivity contribution in [1.29, 1.82) is 0 Å². The Kier molecular flexibility index (Phi) is 4.80. The van der Waals surface area contributed by atoms with Crippen LogP contribution in [0, 0.1) is 24.7 Å². The van der Waals surface area contributed by atoms with Crippen LogP contribution in [-0.2, 0) is 21.1 Å². The van der Waals surface area contributed by atoms with Crippen molar-refractivity contribution in [2.24, 2.45) is 17.8 Å². The minimum atomic E-state index is 0. The van der Waals surface area contributed by atoms with E-state index in [4.69, 9.17) is 0 Å². The average molecular weight is 310 g/mol. The van der Waals surface area contributed by atoms with Crippen molar-refractivity contribution >= 4 is 0 Å². The van der Waals surface area contributed by atoms with Crippen LogP contribution in [-0.4, -0.2) is 13.1 Å². The summed E-state index contributed by atoms with van der Waals surface area (Å²) < 4.78 is 0. The van der Waals surface area contributed by atoms with E-state index in [1.165, 1.54) is 0 Å². The van der Waals surface area contributed by atoms with E-state index in [0.717, 1.165) is 24.9 Å². The first-order valence-corrected chi connectivity index (χ1v) is 3.75. The molecule has 0 aromatic carbocycles. The van der Waals surface area contributed by atoms with E-state index < -0.39 is 0 Å². The molecular formula is C8H16NW-. The van der Waals surface area contributed by atoms with Gasteiger partial charge in [0.1, 0.15) is 0 Å². The maximum Gasteiger partial charge on any atom is 0 e. The monoisotopic (exact) mass is 310 g/mol. The molecule has 1 aliphatic heterocycles. The summed E-state index contributed by atoms with van der Waals surface area (Å²) in [5, 5.41) is 3.37. The zero-order valence-electron chi connectivity index (χ0n) is 6.76. The second-order valence-electron chi connectivity index (χ2n) is 3.28. The molecule has 1 fully saturated rings. The minimum absolute atomic E-state index is 0. The summed E-state index contributed by atoms with van der Waals surface area (Å²) in [6, 6.07) is 0. The Morgan fingerprint density at radius 2 is 1.60 bits per heavy atom. The maximum absolute atomic E-state index is 4.12. The van der Waals surface area contributed by atoms with Gasteiger partial charge in [0.25, 0.3) is 0 Å². The van der Waals surface area contributed by atoms with E-state index in [1.54, 1.807) is 0 Å². The van der Waals surface area contributed by atoms with Gasteiger partial charge in [0.05, 0.1) is 0 Å². The Morgan fingerprint density at radius 3 is 1.90 bits per heavy atom. The number of hydrogen-bond acceptors (Lipinski definition) is 1. The second-order valence-corrected chi connectivity index (χ2v) is 3.28. The molecule has 1 saturated heterocycles. The van der Waals surface area contributed by atoms with Gasteiger partial charge >= 0.3 is 0 Å². The molecule has 10 heavy (non-hydrogen) atoms. The van der Waals surface area contributed by atoms with Crippen molar-refractivity contribution in [3.8, 4) is 0 Å². The molecule has 0 spiro atoms. The third-order valence-corrected chi connectivity index (χ3v) is 2.39. The summed E-state index contributed by atoms with van der Waals surface area (Å²) in [6.07, 6.45) is 0. The quantitative estimate of drug-likeness (QED) is 0.665. The molecule has 0 aliphatic carbocycles. The fourth-order valence-electron chi connectivity index (χ4n) is 1.40. The molecule has 0 amide bonds. The van der Waals surface area contributed by atoms with Crippen LogP contribution in [0.2, 0.25) is 0 Å². The molecule has 3 atom stereocenters. The second kappa shape index (κ2) is 4.51. The van der Waals surface area contributed by atoms with Gasteiger partial charge in [0.15, 0.2) is 0 Å². The van der Waals surface area contributed by atoms with Crippen LogP contribution in [0.25, 0.3) is 0 Å². The molecule has 0 radical (unpaired) electrons. The third-order valence-electron chi connectivity index (χ3n) is 2.39. The SMILES string of the molecule is [CH2-]C1[C@H](C)CNC[C@@H]1C.[W]. The predicted octanol–water partition coefficient (Wildman–Crippen LogP) is 1.31. The van der Waals surface area contributed by atoms with E-state index in [2.05, 4.69) is 26.1 Å². The zero-order chi connectivity index (χ0) is 6.85. The summed E-state index contributed by atoms with van der Waals surface area (Å²) in [6.45, 7) is 11.0. The van der Waals surface area contributed by atoms with Gasteiger partial charge < -0.3 is 12.2 Å². The van der Waals surface area contributed by atoms with E-state index in [0.29, 0.717) is 5.92 Å². The molecule has 0 aromatic rings. The van der Waals surface area contributed by atoms with Crippen LogP contribution < -0.4 is 5.32 Å². The molecule has 1 unspecified atom stereocenters. The van der Waals surface area contributed by atoms with E-state index in [9.17, 15) is 0 Å². The van der Waals surface area contributed by atoms with Gasteiger partial charge in [0.2, 0.25) is 0 Å². The standard InChI is InChI=1S/C8H16N.W/c1-6-4-9-5-7(2)8(6)3;/h6-9H,3-5H2,1-2H3;/q-1;/t6-,7+,8?;. The number of hydrogen-bond donors (Lipinski definition) is 1. The first-order valence-electron chi connectivity index (χ1n) is 3.75. The van der Waals surface area contributed by atoms with Crippen LogP contribution in [0.15, 0.2) is 0 Å². The fraction of sp³-hybridized carbons (Fsp3) is 0.875. The van der Waals surface area contributed by atoms with Crippen molar-refractivity contribution in [3.63, 3.8) is 0 Å². The molecule has 1 N–H and O–H groups in total. The van der Waals surface area contributed by atoms with E-state index >= 15 is 0 Å².